The van der Waals surface area contributed by atoms with E-state index in [1.807, 2.05) is 0 Å². The van der Waals surface area contributed by atoms with Crippen LogP contribution in [0.4, 0.5) is 5.69 Å². The van der Waals surface area contributed by atoms with Gasteiger partial charge in [-0.3, -0.25) is 10.1 Å². The maximum absolute atomic E-state index is 10.9. The summed E-state index contributed by atoms with van der Waals surface area (Å²) in [5.41, 5.74) is -0.0103. The van der Waals surface area contributed by atoms with Crippen LogP contribution in [0.5, 0.6) is 0 Å². The van der Waals surface area contributed by atoms with Crippen LogP contribution in [0, 0.1) is 10.1 Å². The molecule has 0 aromatic carbocycles. The highest BCUT2D eigenvalue weighted by Gasteiger charge is 2.23. The first-order valence-corrected chi connectivity index (χ1v) is 6.60. The minimum Gasteiger partial charge on any atom is -0.388 e. The highest BCUT2D eigenvalue weighted by molar-refractivity contribution is 8.01. The van der Waals surface area contributed by atoms with Gasteiger partial charge in [-0.15, -0.1) is 11.3 Å². The van der Waals surface area contributed by atoms with E-state index in [1.54, 1.807) is 14.0 Å². The van der Waals surface area contributed by atoms with Crippen molar-refractivity contribution in [2.24, 2.45) is 7.05 Å². The van der Waals surface area contributed by atoms with E-state index in [0.29, 0.717) is 14.2 Å². The zero-order chi connectivity index (χ0) is 13.3. The van der Waals surface area contributed by atoms with Gasteiger partial charge in [-0.25, -0.2) is 9.67 Å². The molecule has 2 aromatic rings. The van der Waals surface area contributed by atoms with Gasteiger partial charge in [-0.05, 0) is 18.7 Å². The number of nitrogens with zero attached hydrogens (tertiary/aromatic N) is 4. The Hall–Kier alpha value is -1.45. The van der Waals surface area contributed by atoms with Gasteiger partial charge in [0.15, 0.2) is 5.16 Å². The van der Waals surface area contributed by atoms with Crippen molar-refractivity contribution in [3.8, 4) is 0 Å². The summed E-state index contributed by atoms with van der Waals surface area (Å²) in [4.78, 5) is 15.1. The third-order valence-corrected chi connectivity index (χ3v) is 4.70. The summed E-state index contributed by atoms with van der Waals surface area (Å²) in [5, 5.41) is 24.9. The second kappa shape index (κ2) is 5.04. The van der Waals surface area contributed by atoms with Gasteiger partial charge in [-0.2, -0.15) is 5.10 Å². The molecule has 7 nitrogen and oxygen atoms in total. The van der Waals surface area contributed by atoms with Crippen LogP contribution in [0.15, 0.2) is 21.8 Å². The van der Waals surface area contributed by atoms with Crippen molar-refractivity contribution in [1.82, 2.24) is 14.8 Å². The van der Waals surface area contributed by atoms with E-state index in [4.69, 9.17) is 0 Å². The van der Waals surface area contributed by atoms with Gasteiger partial charge in [-0.1, -0.05) is 0 Å². The Kier molecular flexibility index (Phi) is 3.64. The predicted molar refractivity (Wildman–Crippen MR) is 66.7 cm³/mol. The number of rotatable bonds is 4. The molecule has 1 atom stereocenters. The van der Waals surface area contributed by atoms with Crippen molar-refractivity contribution in [1.29, 1.82) is 0 Å². The van der Waals surface area contributed by atoms with Crippen LogP contribution in [-0.2, 0) is 7.05 Å². The van der Waals surface area contributed by atoms with E-state index in [0.717, 1.165) is 0 Å². The predicted octanol–water partition coefficient (Wildman–Crippen LogP) is 1.99. The molecule has 0 radical (unpaired) electrons. The lowest BCUT2D eigenvalue weighted by molar-refractivity contribution is -0.387. The Morgan fingerprint density at radius 2 is 2.39 bits per heavy atom. The lowest BCUT2D eigenvalue weighted by Crippen LogP contribution is -1.92. The van der Waals surface area contributed by atoms with Crippen molar-refractivity contribution in [2.45, 2.75) is 22.4 Å². The molecule has 2 aromatic heterocycles. The Bertz CT molecular complexity index is 578. The number of aliphatic hydroxyl groups excluding tert-OH is 1. The molecule has 0 spiro atoms. The number of hydrogen-bond acceptors (Lipinski definition) is 7. The number of nitro groups is 1. The highest BCUT2D eigenvalue weighted by atomic mass is 32.2. The minimum atomic E-state index is -0.720. The van der Waals surface area contributed by atoms with Gasteiger partial charge in [0.1, 0.15) is 10.5 Å². The first-order valence-electron chi connectivity index (χ1n) is 4.97. The molecule has 0 aliphatic heterocycles. The van der Waals surface area contributed by atoms with Crippen molar-refractivity contribution in [2.75, 3.05) is 0 Å². The molecule has 0 saturated carbocycles. The standard InChI is InChI=1S/C9H10N4O3S2/c1-5(14)7-3-6(13(15)16)8(17-7)18-9-10-4-11-12(9)2/h3-5,14H,1-2H3. The topological polar surface area (TPSA) is 94.1 Å². The van der Waals surface area contributed by atoms with E-state index >= 15 is 0 Å². The molecule has 0 aliphatic rings. The molecule has 0 amide bonds. The molecule has 2 heterocycles. The van der Waals surface area contributed by atoms with Crippen LogP contribution in [-0.4, -0.2) is 24.8 Å². The third-order valence-electron chi connectivity index (χ3n) is 2.16. The van der Waals surface area contributed by atoms with Crippen molar-refractivity contribution in [3.05, 3.63) is 27.4 Å². The van der Waals surface area contributed by atoms with Crippen molar-refractivity contribution in [3.63, 3.8) is 0 Å². The molecule has 9 heteroatoms. The maximum Gasteiger partial charge on any atom is 0.294 e. The zero-order valence-electron chi connectivity index (χ0n) is 9.60. The van der Waals surface area contributed by atoms with E-state index in [9.17, 15) is 15.2 Å². The van der Waals surface area contributed by atoms with Crippen LogP contribution in [0.25, 0.3) is 0 Å². The van der Waals surface area contributed by atoms with Crippen LogP contribution >= 0.6 is 23.1 Å². The summed E-state index contributed by atoms with van der Waals surface area (Å²) in [6, 6.07) is 1.40. The van der Waals surface area contributed by atoms with E-state index in [2.05, 4.69) is 10.1 Å². The summed E-state index contributed by atoms with van der Waals surface area (Å²) in [6.07, 6.45) is 0.666. The molecule has 1 unspecified atom stereocenters. The van der Waals surface area contributed by atoms with Crippen LogP contribution < -0.4 is 0 Å². The first-order chi connectivity index (χ1) is 8.49. The van der Waals surface area contributed by atoms with Gasteiger partial charge in [0.2, 0.25) is 0 Å². The summed E-state index contributed by atoms with van der Waals surface area (Å²) < 4.78 is 2.03. The van der Waals surface area contributed by atoms with Crippen LogP contribution in [0.2, 0.25) is 0 Å². The average Bonchev–Trinajstić information content (AvgIpc) is 2.87. The molecule has 0 fully saturated rings. The molecule has 1 N–H and O–H groups in total. The number of thiophene rings is 1. The smallest absolute Gasteiger partial charge is 0.294 e. The largest absolute Gasteiger partial charge is 0.388 e. The van der Waals surface area contributed by atoms with Crippen LogP contribution in [0.3, 0.4) is 0 Å². The molecular weight excluding hydrogens is 276 g/mol. The fourth-order valence-electron chi connectivity index (χ4n) is 1.25. The summed E-state index contributed by atoms with van der Waals surface area (Å²) in [7, 11) is 1.71. The van der Waals surface area contributed by atoms with Crippen molar-refractivity contribution < 1.29 is 10.0 Å². The van der Waals surface area contributed by atoms with Gasteiger partial charge < -0.3 is 5.11 Å². The maximum atomic E-state index is 10.9. The first kappa shape index (κ1) is 13.0. The minimum absolute atomic E-state index is 0.0103. The normalized spacial score (nSPS) is 12.6. The number of hydrogen-bond donors (Lipinski definition) is 1. The Morgan fingerprint density at radius 1 is 1.67 bits per heavy atom. The molecule has 0 saturated heterocycles. The lowest BCUT2D eigenvalue weighted by atomic mass is 10.3. The van der Waals surface area contributed by atoms with E-state index in [-0.39, 0.29) is 5.69 Å². The molecule has 0 bridgehead atoms. The Labute approximate surface area is 111 Å². The van der Waals surface area contributed by atoms with Crippen molar-refractivity contribution >= 4 is 28.8 Å². The molecule has 0 aliphatic carbocycles. The molecule has 96 valence electrons. The molecular formula is C9H10N4O3S2. The quantitative estimate of drug-likeness (QED) is 0.682. The fraction of sp³-hybridized carbons (Fsp3) is 0.333. The second-order valence-electron chi connectivity index (χ2n) is 3.52. The molecule has 2 rings (SSSR count). The fourth-order valence-corrected chi connectivity index (χ4v) is 3.40. The van der Waals surface area contributed by atoms with Gasteiger partial charge in [0, 0.05) is 18.0 Å². The second-order valence-corrected chi connectivity index (χ2v) is 5.84. The number of aliphatic hydroxyl groups is 1. The zero-order valence-corrected chi connectivity index (χ0v) is 11.2. The summed E-state index contributed by atoms with van der Waals surface area (Å²) in [5.74, 6) is 0. The average molecular weight is 286 g/mol. The number of aromatic nitrogens is 3. The lowest BCUT2D eigenvalue weighted by Gasteiger charge is -1.97. The Morgan fingerprint density at radius 3 is 2.89 bits per heavy atom. The van der Waals surface area contributed by atoms with E-state index in [1.165, 1.54) is 40.2 Å². The summed E-state index contributed by atoms with van der Waals surface area (Å²) >= 11 is 2.36. The third kappa shape index (κ3) is 2.52. The summed E-state index contributed by atoms with van der Waals surface area (Å²) in [6.45, 7) is 1.58. The monoisotopic (exact) mass is 286 g/mol. The van der Waals surface area contributed by atoms with Crippen LogP contribution in [0.1, 0.15) is 17.9 Å². The number of aryl methyl sites for hydroxylation is 1. The Balaban J connectivity index is 2.37. The molecule has 18 heavy (non-hydrogen) atoms. The van der Waals surface area contributed by atoms with Gasteiger partial charge in [0.05, 0.1) is 11.0 Å². The van der Waals surface area contributed by atoms with Gasteiger partial charge >= 0.3 is 0 Å². The van der Waals surface area contributed by atoms with E-state index < -0.39 is 11.0 Å². The van der Waals surface area contributed by atoms with Gasteiger partial charge in [0.25, 0.3) is 5.69 Å². The highest BCUT2D eigenvalue weighted by Crippen LogP contribution is 2.42. The SMILES string of the molecule is CC(O)c1cc([N+](=O)[O-])c(Sc2ncnn2C)s1.